The Morgan fingerprint density at radius 3 is 3.00 bits per heavy atom. The Bertz CT molecular complexity index is 650. The van der Waals surface area contributed by atoms with Gasteiger partial charge in [-0.15, -0.1) is 14.8 Å². The molecule has 2 atom stereocenters. The van der Waals surface area contributed by atoms with Gasteiger partial charge in [0.25, 0.3) is 0 Å². The monoisotopic (exact) mass is 302 g/mol. The van der Waals surface area contributed by atoms with Gasteiger partial charge < -0.3 is 10.1 Å². The number of aromatic nitrogens is 5. The average Bonchev–Trinajstić information content (AvgIpc) is 3.02. The Labute approximate surface area is 129 Å². The number of ether oxygens (including phenoxy) is 1. The number of nitrogens with one attached hydrogen (secondary N) is 1. The third-order valence-electron chi connectivity index (χ3n) is 5.33. The molecule has 1 spiro atoms. The van der Waals surface area contributed by atoms with Crippen LogP contribution in [-0.4, -0.2) is 44.0 Å². The van der Waals surface area contributed by atoms with E-state index in [-0.39, 0.29) is 5.41 Å². The summed E-state index contributed by atoms with van der Waals surface area (Å²) in [5.41, 5.74) is 0.949. The first-order valence-electron chi connectivity index (χ1n) is 8.25. The van der Waals surface area contributed by atoms with Crippen LogP contribution in [0, 0.1) is 5.41 Å². The van der Waals surface area contributed by atoms with Gasteiger partial charge in [0.05, 0.1) is 6.10 Å². The van der Waals surface area contributed by atoms with E-state index >= 15 is 0 Å². The second-order valence-corrected chi connectivity index (χ2v) is 6.42. The number of anilines is 1. The van der Waals surface area contributed by atoms with Crippen molar-refractivity contribution in [2.75, 3.05) is 11.9 Å². The van der Waals surface area contributed by atoms with Gasteiger partial charge in [-0.25, -0.2) is 0 Å². The van der Waals surface area contributed by atoms with E-state index in [4.69, 9.17) is 4.74 Å². The lowest BCUT2D eigenvalue weighted by Gasteiger charge is -2.57. The number of rotatable bonds is 4. The molecule has 2 aliphatic carbocycles. The maximum Gasteiger partial charge on any atom is 0.200 e. The molecule has 0 bridgehead atoms. The van der Waals surface area contributed by atoms with Crippen LogP contribution in [0.2, 0.25) is 0 Å². The summed E-state index contributed by atoms with van der Waals surface area (Å²) in [4.78, 5) is 0. The lowest BCUT2D eigenvalue weighted by Crippen LogP contribution is -2.62. The van der Waals surface area contributed by atoms with Crippen LogP contribution in [0.5, 0.6) is 0 Å². The van der Waals surface area contributed by atoms with Crippen LogP contribution in [0.15, 0.2) is 12.1 Å². The second kappa shape index (κ2) is 5.46. The van der Waals surface area contributed by atoms with Crippen molar-refractivity contribution in [2.45, 2.75) is 57.6 Å². The molecule has 2 aromatic rings. The van der Waals surface area contributed by atoms with Crippen molar-refractivity contribution >= 4 is 11.5 Å². The molecule has 0 aliphatic heterocycles. The molecule has 0 saturated heterocycles. The van der Waals surface area contributed by atoms with E-state index in [9.17, 15) is 0 Å². The van der Waals surface area contributed by atoms with E-state index in [1.54, 1.807) is 0 Å². The van der Waals surface area contributed by atoms with E-state index in [2.05, 4.69) is 32.9 Å². The highest BCUT2D eigenvalue weighted by Gasteiger charge is 2.55. The molecule has 2 fully saturated rings. The van der Waals surface area contributed by atoms with E-state index < -0.39 is 0 Å². The molecular formula is C15H22N6O. The van der Waals surface area contributed by atoms with Crippen molar-refractivity contribution in [3.05, 3.63) is 12.1 Å². The Balaban J connectivity index is 1.53. The zero-order valence-corrected chi connectivity index (χ0v) is 12.9. The Hall–Kier alpha value is -1.76. The minimum Gasteiger partial charge on any atom is -0.378 e. The van der Waals surface area contributed by atoms with Crippen molar-refractivity contribution in [2.24, 2.45) is 5.41 Å². The molecule has 1 N–H and O–H groups in total. The molecule has 4 rings (SSSR count). The van der Waals surface area contributed by atoms with Crippen LogP contribution in [0.3, 0.4) is 0 Å². The summed E-state index contributed by atoms with van der Waals surface area (Å²) in [6.45, 7) is 2.89. The topological polar surface area (TPSA) is 77.2 Å². The van der Waals surface area contributed by atoms with Crippen molar-refractivity contribution in [1.82, 2.24) is 25.3 Å². The fraction of sp³-hybridized carbons (Fsp3) is 0.733. The van der Waals surface area contributed by atoms with Gasteiger partial charge >= 0.3 is 0 Å². The van der Waals surface area contributed by atoms with Gasteiger partial charge in [0.1, 0.15) is 5.82 Å². The number of fused-ring (bicyclic) bond motifs is 1. The molecular weight excluding hydrogens is 280 g/mol. The summed E-state index contributed by atoms with van der Waals surface area (Å²) in [6.07, 6.45) is 7.92. The van der Waals surface area contributed by atoms with E-state index in [0.717, 1.165) is 18.8 Å². The molecule has 7 heteroatoms. The number of hydrogen-bond acceptors (Lipinski definition) is 6. The highest BCUT2D eigenvalue weighted by Crippen LogP contribution is 2.54. The summed E-state index contributed by atoms with van der Waals surface area (Å²) in [7, 11) is 0. The van der Waals surface area contributed by atoms with Crippen LogP contribution in [0.25, 0.3) is 5.65 Å². The Morgan fingerprint density at radius 2 is 2.18 bits per heavy atom. The summed E-state index contributed by atoms with van der Waals surface area (Å²) in [5.74, 6) is 0.838. The molecule has 2 saturated carbocycles. The van der Waals surface area contributed by atoms with Gasteiger partial charge in [0.15, 0.2) is 5.65 Å². The second-order valence-electron chi connectivity index (χ2n) is 6.42. The van der Waals surface area contributed by atoms with Crippen molar-refractivity contribution < 1.29 is 4.74 Å². The summed E-state index contributed by atoms with van der Waals surface area (Å²) < 4.78 is 7.47. The van der Waals surface area contributed by atoms with Gasteiger partial charge in [-0.3, -0.25) is 0 Å². The smallest absolute Gasteiger partial charge is 0.200 e. The van der Waals surface area contributed by atoms with Gasteiger partial charge in [0, 0.05) is 18.1 Å². The Morgan fingerprint density at radius 1 is 1.32 bits per heavy atom. The predicted octanol–water partition coefficient (Wildman–Crippen LogP) is 2.06. The molecule has 0 unspecified atom stereocenters. The molecule has 0 radical (unpaired) electrons. The quantitative estimate of drug-likeness (QED) is 0.931. The van der Waals surface area contributed by atoms with Gasteiger partial charge in [-0.2, -0.15) is 0 Å². The predicted molar refractivity (Wildman–Crippen MR) is 81.5 cm³/mol. The highest BCUT2D eigenvalue weighted by atomic mass is 16.5. The molecule has 2 heterocycles. The maximum absolute atomic E-state index is 6.00. The first-order chi connectivity index (χ1) is 10.8. The zero-order chi connectivity index (χ0) is 15.0. The van der Waals surface area contributed by atoms with E-state index in [1.165, 1.54) is 36.7 Å². The average molecular weight is 302 g/mol. The van der Waals surface area contributed by atoms with Crippen molar-refractivity contribution in [3.63, 3.8) is 0 Å². The van der Waals surface area contributed by atoms with E-state index in [0.29, 0.717) is 17.8 Å². The molecule has 2 aliphatic rings. The first-order valence-corrected chi connectivity index (χ1v) is 8.25. The van der Waals surface area contributed by atoms with Crippen LogP contribution >= 0.6 is 0 Å². The SMILES string of the molecule is CCO[C@H]1C[C@H](Nc2ccc3nnnn3n2)C12CCCCC2. The van der Waals surface area contributed by atoms with Crippen LogP contribution in [0.1, 0.15) is 45.4 Å². The number of nitrogens with zero attached hydrogens (tertiary/aromatic N) is 5. The fourth-order valence-corrected chi connectivity index (χ4v) is 4.17. The Kier molecular flexibility index (Phi) is 3.44. The fourth-order valence-electron chi connectivity index (χ4n) is 4.17. The molecule has 0 aromatic carbocycles. The van der Waals surface area contributed by atoms with Crippen molar-refractivity contribution in [1.29, 1.82) is 0 Å². The minimum atomic E-state index is 0.283. The van der Waals surface area contributed by atoms with E-state index in [1.807, 2.05) is 12.1 Å². The van der Waals surface area contributed by atoms with Crippen molar-refractivity contribution in [3.8, 4) is 0 Å². The number of tetrazole rings is 1. The van der Waals surface area contributed by atoms with Gasteiger partial charge in [-0.1, -0.05) is 19.3 Å². The molecule has 118 valence electrons. The maximum atomic E-state index is 6.00. The van der Waals surface area contributed by atoms with Crippen LogP contribution in [-0.2, 0) is 4.74 Å². The zero-order valence-electron chi connectivity index (χ0n) is 12.9. The lowest BCUT2D eigenvalue weighted by atomic mass is 9.55. The number of hydrogen-bond donors (Lipinski definition) is 1. The standard InChI is InChI=1S/C15H22N6O/c1-2-22-12-10-11(15(12)8-4-3-5-9-15)16-13-6-7-14-17-19-20-21(14)18-13/h6-7,11-12H,2-5,8-10H2,1H3,(H,16,18)/t11-,12-/m0/s1. The molecule has 22 heavy (non-hydrogen) atoms. The highest BCUT2D eigenvalue weighted by molar-refractivity contribution is 5.44. The summed E-state index contributed by atoms with van der Waals surface area (Å²) >= 11 is 0. The van der Waals surface area contributed by atoms with Crippen LogP contribution in [0.4, 0.5) is 5.82 Å². The summed E-state index contributed by atoms with van der Waals surface area (Å²) in [6, 6.07) is 4.28. The largest absolute Gasteiger partial charge is 0.378 e. The lowest BCUT2D eigenvalue weighted by molar-refractivity contribution is -0.134. The first kappa shape index (κ1) is 13.9. The van der Waals surface area contributed by atoms with Gasteiger partial charge in [-0.05, 0) is 48.7 Å². The summed E-state index contributed by atoms with van der Waals surface area (Å²) in [5, 5.41) is 19.4. The normalized spacial score (nSPS) is 27.0. The van der Waals surface area contributed by atoms with Crippen LogP contribution < -0.4 is 5.32 Å². The molecule has 7 nitrogen and oxygen atoms in total. The van der Waals surface area contributed by atoms with Gasteiger partial charge in [0.2, 0.25) is 0 Å². The minimum absolute atomic E-state index is 0.283. The molecule has 2 aromatic heterocycles. The third-order valence-corrected chi connectivity index (χ3v) is 5.33. The molecule has 0 amide bonds. The third kappa shape index (κ3) is 2.15.